The predicted molar refractivity (Wildman–Crippen MR) is 122 cm³/mol. The van der Waals surface area contributed by atoms with Crippen LogP contribution in [0.25, 0.3) is 11.1 Å². The van der Waals surface area contributed by atoms with Crippen LogP contribution in [0.5, 0.6) is 0 Å². The number of aromatic nitrogens is 1. The minimum absolute atomic E-state index is 0.0807. The van der Waals surface area contributed by atoms with Gasteiger partial charge in [-0.3, -0.25) is 14.6 Å². The monoisotopic (exact) mass is 419 g/mol. The molecule has 164 valence electrons. The van der Waals surface area contributed by atoms with E-state index in [0.717, 1.165) is 61.8 Å². The number of likely N-dealkylation sites (tertiary alicyclic amines) is 1. The first-order chi connectivity index (χ1) is 15.1. The van der Waals surface area contributed by atoms with Crippen LogP contribution in [0.2, 0.25) is 0 Å². The van der Waals surface area contributed by atoms with E-state index in [1.54, 1.807) is 12.4 Å². The molecule has 0 radical (unpaired) electrons. The van der Waals surface area contributed by atoms with Gasteiger partial charge in [-0.15, -0.1) is 0 Å². The maximum atomic E-state index is 13.2. The number of benzene rings is 1. The highest BCUT2D eigenvalue weighted by atomic mass is 16.2. The molecule has 1 aromatic heterocycles. The Hall–Kier alpha value is -2.69. The summed E-state index contributed by atoms with van der Waals surface area (Å²) in [7, 11) is 0. The second-order valence-corrected chi connectivity index (χ2v) is 9.09. The van der Waals surface area contributed by atoms with Crippen LogP contribution in [-0.2, 0) is 16.0 Å². The summed E-state index contributed by atoms with van der Waals surface area (Å²) in [6.07, 6.45) is 10.2. The second kappa shape index (κ2) is 9.63. The largest absolute Gasteiger partial charge is 0.356 e. The standard InChI is InChI=1S/C26H33N3O2/c1-2-28-25(31)26(14-5-17-29(19-26)24(30)23-6-3-4-7-23)18-20-8-10-21(11-9-20)22-12-15-27-16-13-22/h8-13,15-16,23H,2-7,14,17-19H2,1H3,(H,28,31)/t26-/m0/s1. The third-order valence-electron chi connectivity index (χ3n) is 6.92. The Kier molecular flexibility index (Phi) is 6.69. The van der Waals surface area contributed by atoms with E-state index >= 15 is 0 Å². The zero-order chi connectivity index (χ0) is 21.7. The van der Waals surface area contributed by atoms with Crippen molar-refractivity contribution < 1.29 is 9.59 Å². The van der Waals surface area contributed by atoms with Crippen molar-refractivity contribution in [1.82, 2.24) is 15.2 Å². The lowest BCUT2D eigenvalue weighted by atomic mass is 9.73. The van der Waals surface area contributed by atoms with Gasteiger partial charge in [0.25, 0.3) is 0 Å². The normalized spacial score (nSPS) is 21.8. The summed E-state index contributed by atoms with van der Waals surface area (Å²) in [5, 5.41) is 3.06. The molecular formula is C26H33N3O2. The summed E-state index contributed by atoms with van der Waals surface area (Å²) in [5.41, 5.74) is 2.85. The molecular weight excluding hydrogens is 386 g/mol. The Bertz CT molecular complexity index is 891. The first kappa shape index (κ1) is 21.5. The van der Waals surface area contributed by atoms with Crippen LogP contribution in [0.1, 0.15) is 51.0 Å². The molecule has 5 nitrogen and oxygen atoms in total. The van der Waals surface area contributed by atoms with Crippen LogP contribution in [0, 0.1) is 11.3 Å². The highest BCUT2D eigenvalue weighted by molar-refractivity contribution is 5.85. The van der Waals surface area contributed by atoms with Crippen molar-refractivity contribution in [2.24, 2.45) is 11.3 Å². The van der Waals surface area contributed by atoms with Crippen LogP contribution < -0.4 is 5.32 Å². The van der Waals surface area contributed by atoms with Gasteiger partial charge >= 0.3 is 0 Å². The van der Waals surface area contributed by atoms with Crippen molar-refractivity contribution >= 4 is 11.8 Å². The molecule has 2 heterocycles. The van der Waals surface area contributed by atoms with Crippen LogP contribution in [0.4, 0.5) is 0 Å². The number of rotatable bonds is 6. The average molecular weight is 420 g/mol. The number of nitrogens with one attached hydrogen (secondary N) is 1. The van der Waals surface area contributed by atoms with Gasteiger partial charge in [0.2, 0.25) is 11.8 Å². The van der Waals surface area contributed by atoms with Crippen molar-refractivity contribution in [3.05, 3.63) is 54.4 Å². The molecule has 1 aliphatic carbocycles. The Morgan fingerprint density at radius 3 is 2.39 bits per heavy atom. The lowest BCUT2D eigenvalue weighted by molar-refractivity contribution is -0.144. The van der Waals surface area contributed by atoms with Crippen molar-refractivity contribution in [3.8, 4) is 11.1 Å². The molecule has 2 aromatic rings. The molecule has 0 spiro atoms. The molecule has 2 amide bonds. The first-order valence-corrected chi connectivity index (χ1v) is 11.7. The van der Waals surface area contributed by atoms with Crippen molar-refractivity contribution in [1.29, 1.82) is 0 Å². The van der Waals surface area contributed by atoms with Gasteiger partial charge in [-0.25, -0.2) is 0 Å². The minimum Gasteiger partial charge on any atom is -0.356 e. The summed E-state index contributed by atoms with van der Waals surface area (Å²) in [6.45, 7) is 3.87. The van der Waals surface area contributed by atoms with E-state index in [-0.39, 0.29) is 17.7 Å². The third-order valence-corrected chi connectivity index (χ3v) is 6.92. The number of amides is 2. The van der Waals surface area contributed by atoms with Crippen LogP contribution in [0.15, 0.2) is 48.8 Å². The Morgan fingerprint density at radius 1 is 1.03 bits per heavy atom. The summed E-state index contributed by atoms with van der Waals surface area (Å²) < 4.78 is 0. The van der Waals surface area contributed by atoms with E-state index in [1.807, 2.05) is 24.0 Å². The van der Waals surface area contributed by atoms with Gasteiger partial charge in [0.15, 0.2) is 0 Å². The first-order valence-electron chi connectivity index (χ1n) is 11.7. The maximum absolute atomic E-state index is 13.2. The molecule has 0 unspecified atom stereocenters. The van der Waals surface area contributed by atoms with E-state index in [0.29, 0.717) is 19.5 Å². The average Bonchev–Trinajstić information content (AvgIpc) is 3.35. The van der Waals surface area contributed by atoms with Gasteiger partial charge < -0.3 is 10.2 Å². The number of piperidine rings is 1. The fourth-order valence-electron chi connectivity index (χ4n) is 5.26. The Balaban J connectivity index is 1.54. The zero-order valence-corrected chi connectivity index (χ0v) is 18.5. The maximum Gasteiger partial charge on any atom is 0.228 e. The SMILES string of the molecule is CCNC(=O)[C@]1(Cc2ccc(-c3ccncc3)cc2)CCCN(C(=O)C2CCCC2)C1. The van der Waals surface area contributed by atoms with Crippen LogP contribution in [-0.4, -0.2) is 41.3 Å². The van der Waals surface area contributed by atoms with E-state index in [1.165, 1.54) is 0 Å². The molecule has 1 saturated carbocycles. The number of pyridine rings is 1. The highest BCUT2D eigenvalue weighted by Gasteiger charge is 2.44. The molecule has 1 atom stereocenters. The predicted octanol–water partition coefficient (Wildman–Crippen LogP) is 4.23. The highest BCUT2D eigenvalue weighted by Crippen LogP contribution is 2.37. The fourth-order valence-corrected chi connectivity index (χ4v) is 5.26. The molecule has 31 heavy (non-hydrogen) atoms. The van der Waals surface area contributed by atoms with Gasteiger partial charge in [-0.2, -0.15) is 0 Å². The number of hydrogen-bond acceptors (Lipinski definition) is 3. The van der Waals surface area contributed by atoms with E-state index < -0.39 is 5.41 Å². The second-order valence-electron chi connectivity index (χ2n) is 9.09. The molecule has 4 rings (SSSR count). The molecule has 1 N–H and O–H groups in total. The number of carbonyl (C=O) groups excluding carboxylic acids is 2. The quantitative estimate of drug-likeness (QED) is 0.762. The van der Waals surface area contributed by atoms with Crippen LogP contribution in [0.3, 0.4) is 0 Å². The van der Waals surface area contributed by atoms with Gasteiger partial charge in [0.05, 0.1) is 5.41 Å². The molecule has 0 bridgehead atoms. The summed E-state index contributed by atoms with van der Waals surface area (Å²) in [5.74, 6) is 0.501. The smallest absolute Gasteiger partial charge is 0.228 e. The minimum atomic E-state index is -0.555. The van der Waals surface area contributed by atoms with Crippen molar-refractivity contribution in [3.63, 3.8) is 0 Å². The van der Waals surface area contributed by atoms with E-state index in [2.05, 4.69) is 34.6 Å². The molecule has 5 heteroatoms. The van der Waals surface area contributed by atoms with Crippen molar-refractivity contribution in [2.75, 3.05) is 19.6 Å². The zero-order valence-electron chi connectivity index (χ0n) is 18.5. The van der Waals surface area contributed by atoms with Gasteiger partial charge in [0.1, 0.15) is 0 Å². The van der Waals surface area contributed by atoms with Gasteiger partial charge in [0, 0.05) is 37.9 Å². The Labute approximate surface area is 185 Å². The Morgan fingerprint density at radius 2 is 1.71 bits per heavy atom. The lowest BCUT2D eigenvalue weighted by Gasteiger charge is -2.42. The van der Waals surface area contributed by atoms with Crippen LogP contribution >= 0.6 is 0 Å². The van der Waals surface area contributed by atoms with Gasteiger partial charge in [-0.05, 0) is 67.9 Å². The number of carbonyl (C=O) groups is 2. The van der Waals surface area contributed by atoms with Gasteiger partial charge in [-0.1, -0.05) is 37.1 Å². The topological polar surface area (TPSA) is 62.3 Å². The molecule has 2 aliphatic rings. The molecule has 1 aromatic carbocycles. The van der Waals surface area contributed by atoms with Crippen molar-refractivity contribution in [2.45, 2.75) is 51.9 Å². The molecule has 1 aliphatic heterocycles. The molecule has 2 fully saturated rings. The fraction of sp³-hybridized carbons (Fsp3) is 0.500. The number of nitrogens with zero attached hydrogens (tertiary/aromatic N) is 2. The summed E-state index contributed by atoms with van der Waals surface area (Å²) >= 11 is 0. The lowest BCUT2D eigenvalue weighted by Crippen LogP contribution is -2.55. The number of hydrogen-bond donors (Lipinski definition) is 1. The summed E-state index contributed by atoms with van der Waals surface area (Å²) in [4.78, 5) is 32.4. The van der Waals surface area contributed by atoms with E-state index in [9.17, 15) is 9.59 Å². The molecule has 1 saturated heterocycles. The third kappa shape index (κ3) is 4.81. The van der Waals surface area contributed by atoms with E-state index in [4.69, 9.17) is 0 Å². The summed E-state index contributed by atoms with van der Waals surface area (Å²) in [6, 6.07) is 12.5.